The molecule has 0 aliphatic heterocycles. The fourth-order valence-electron chi connectivity index (χ4n) is 0.853. The lowest BCUT2D eigenvalue weighted by Gasteiger charge is -2.07. The van der Waals surface area contributed by atoms with Gasteiger partial charge in [0.05, 0.1) is 11.1 Å². The smallest absolute Gasteiger partial charge is 0.0740 e. The van der Waals surface area contributed by atoms with Crippen LogP contribution >= 0.6 is 12.2 Å². The van der Waals surface area contributed by atoms with Crippen molar-refractivity contribution < 1.29 is 4.74 Å². The normalized spacial score (nSPS) is 10.7. The summed E-state index contributed by atoms with van der Waals surface area (Å²) < 4.78 is 5.38. The number of ether oxygens (including phenoxy) is 1. The molecule has 0 amide bonds. The van der Waals surface area contributed by atoms with Gasteiger partial charge in [-0.25, -0.2) is 0 Å². The third kappa shape index (κ3) is 11.8. The van der Waals surface area contributed by atoms with E-state index in [1.807, 2.05) is 13.8 Å². The van der Waals surface area contributed by atoms with Crippen LogP contribution in [-0.2, 0) is 4.74 Å². The van der Waals surface area contributed by atoms with E-state index in [2.05, 4.69) is 5.32 Å². The first kappa shape index (κ1) is 12.8. The van der Waals surface area contributed by atoms with E-state index < -0.39 is 0 Å². The van der Waals surface area contributed by atoms with E-state index in [-0.39, 0.29) is 0 Å². The Bertz CT molecular complexity index is 140. The lowest BCUT2D eigenvalue weighted by molar-refractivity contribution is 0.0771. The first-order valence-corrected chi connectivity index (χ1v) is 5.14. The topological polar surface area (TPSA) is 47.3 Å². The van der Waals surface area contributed by atoms with Gasteiger partial charge < -0.3 is 15.8 Å². The summed E-state index contributed by atoms with van der Waals surface area (Å²) in [6.45, 7) is 6.74. The highest BCUT2D eigenvalue weighted by molar-refractivity contribution is 7.80. The molecule has 78 valence electrons. The number of nitrogens with two attached hydrogens (primary N) is 1. The monoisotopic (exact) mass is 204 g/mol. The summed E-state index contributed by atoms with van der Waals surface area (Å²) in [4.78, 5) is 0.575. The molecule has 0 radical (unpaired) electrons. The van der Waals surface area contributed by atoms with Gasteiger partial charge in [0.1, 0.15) is 0 Å². The van der Waals surface area contributed by atoms with E-state index in [0.29, 0.717) is 11.1 Å². The van der Waals surface area contributed by atoms with Crippen molar-refractivity contribution in [2.45, 2.75) is 32.8 Å². The number of thiocarbonyl (C=S) groups is 1. The predicted molar refractivity (Wildman–Crippen MR) is 60.0 cm³/mol. The molecule has 0 saturated carbocycles. The summed E-state index contributed by atoms with van der Waals surface area (Å²) in [5, 5.41) is 3.24. The third-order valence-corrected chi connectivity index (χ3v) is 1.70. The number of rotatable bonds is 8. The maximum atomic E-state index is 5.38. The third-order valence-electron chi connectivity index (χ3n) is 1.50. The summed E-state index contributed by atoms with van der Waals surface area (Å²) in [6.07, 6.45) is 2.15. The maximum absolute atomic E-state index is 5.38. The molecule has 0 fully saturated rings. The van der Waals surface area contributed by atoms with Crippen LogP contribution in [0.25, 0.3) is 0 Å². The second-order valence-corrected chi connectivity index (χ2v) is 3.76. The van der Waals surface area contributed by atoms with Crippen molar-refractivity contribution >= 4 is 17.2 Å². The second kappa shape index (κ2) is 8.41. The molecule has 4 heteroatoms. The Morgan fingerprint density at radius 3 is 2.69 bits per heavy atom. The fraction of sp³-hybridized carbons (Fsp3) is 0.889. The van der Waals surface area contributed by atoms with Crippen LogP contribution in [0.5, 0.6) is 0 Å². The predicted octanol–water partition coefficient (Wildman–Crippen LogP) is 1.07. The Morgan fingerprint density at radius 2 is 2.15 bits per heavy atom. The molecule has 0 aliphatic rings. The first-order chi connectivity index (χ1) is 6.13. The van der Waals surface area contributed by atoms with Crippen LogP contribution in [-0.4, -0.2) is 30.8 Å². The lowest BCUT2D eigenvalue weighted by Crippen LogP contribution is -2.22. The maximum Gasteiger partial charge on any atom is 0.0740 e. The quantitative estimate of drug-likeness (QED) is 0.458. The average Bonchev–Trinajstić information content (AvgIpc) is 2.01. The zero-order valence-corrected chi connectivity index (χ0v) is 9.32. The van der Waals surface area contributed by atoms with Gasteiger partial charge in [0, 0.05) is 19.6 Å². The van der Waals surface area contributed by atoms with Gasteiger partial charge >= 0.3 is 0 Å². The standard InChI is InChI=1S/C9H20N2OS/c1-8(2)12-7-3-5-11-6-4-9(10)13/h8,11H,3-7H2,1-2H3,(H2,10,13). The van der Waals surface area contributed by atoms with E-state index in [4.69, 9.17) is 22.7 Å². The van der Waals surface area contributed by atoms with Crippen molar-refractivity contribution in [2.75, 3.05) is 19.7 Å². The van der Waals surface area contributed by atoms with Crippen molar-refractivity contribution in [1.29, 1.82) is 0 Å². The zero-order valence-electron chi connectivity index (χ0n) is 8.51. The van der Waals surface area contributed by atoms with E-state index in [9.17, 15) is 0 Å². The molecule has 0 aromatic rings. The van der Waals surface area contributed by atoms with Gasteiger partial charge in [-0.05, 0) is 26.8 Å². The number of nitrogens with one attached hydrogen (secondary N) is 1. The molecular formula is C9H20N2OS. The van der Waals surface area contributed by atoms with Crippen LogP contribution in [0.1, 0.15) is 26.7 Å². The SMILES string of the molecule is CC(C)OCCCNCCC(N)=S. The molecule has 3 N–H and O–H groups in total. The van der Waals surface area contributed by atoms with E-state index in [0.717, 1.165) is 32.5 Å². The van der Waals surface area contributed by atoms with Gasteiger partial charge in [-0.3, -0.25) is 0 Å². The second-order valence-electron chi connectivity index (χ2n) is 3.24. The van der Waals surface area contributed by atoms with Gasteiger partial charge in [0.15, 0.2) is 0 Å². The lowest BCUT2D eigenvalue weighted by atomic mass is 10.4. The van der Waals surface area contributed by atoms with Crippen molar-refractivity contribution in [1.82, 2.24) is 5.32 Å². The minimum atomic E-state index is 0.330. The Labute approximate surface area is 86.0 Å². The van der Waals surface area contributed by atoms with Gasteiger partial charge in [-0.2, -0.15) is 0 Å². The number of hydrogen-bond donors (Lipinski definition) is 2. The van der Waals surface area contributed by atoms with Crippen LogP contribution in [0.3, 0.4) is 0 Å². The first-order valence-electron chi connectivity index (χ1n) is 4.73. The molecular weight excluding hydrogens is 184 g/mol. The molecule has 0 aromatic carbocycles. The molecule has 0 rings (SSSR count). The van der Waals surface area contributed by atoms with Crippen LogP contribution < -0.4 is 11.1 Å². The Balaban J connectivity index is 2.96. The van der Waals surface area contributed by atoms with Crippen molar-refractivity contribution in [3.05, 3.63) is 0 Å². The summed E-state index contributed by atoms with van der Waals surface area (Å²) in [5.74, 6) is 0. The molecule has 0 atom stereocenters. The molecule has 0 spiro atoms. The summed E-state index contributed by atoms with van der Waals surface area (Å²) in [5.41, 5.74) is 5.34. The van der Waals surface area contributed by atoms with Crippen molar-refractivity contribution in [2.24, 2.45) is 5.73 Å². The van der Waals surface area contributed by atoms with E-state index in [1.54, 1.807) is 0 Å². The molecule has 13 heavy (non-hydrogen) atoms. The van der Waals surface area contributed by atoms with Crippen LogP contribution in [0.4, 0.5) is 0 Å². The molecule has 0 heterocycles. The molecule has 0 bridgehead atoms. The van der Waals surface area contributed by atoms with Gasteiger partial charge in [-0.15, -0.1) is 0 Å². The minimum absolute atomic E-state index is 0.330. The van der Waals surface area contributed by atoms with E-state index >= 15 is 0 Å². The van der Waals surface area contributed by atoms with Crippen LogP contribution in [0.2, 0.25) is 0 Å². The highest BCUT2D eigenvalue weighted by Gasteiger charge is 1.93. The summed E-state index contributed by atoms with van der Waals surface area (Å²) >= 11 is 4.74. The largest absolute Gasteiger partial charge is 0.393 e. The Hall–Kier alpha value is -0.190. The van der Waals surface area contributed by atoms with Crippen LogP contribution in [0, 0.1) is 0 Å². The van der Waals surface area contributed by atoms with Gasteiger partial charge in [-0.1, -0.05) is 12.2 Å². The van der Waals surface area contributed by atoms with Gasteiger partial charge in [0.2, 0.25) is 0 Å². The molecule has 3 nitrogen and oxygen atoms in total. The molecule has 0 aromatic heterocycles. The molecule has 0 saturated heterocycles. The fourth-order valence-corrected chi connectivity index (χ4v) is 0.955. The highest BCUT2D eigenvalue weighted by Crippen LogP contribution is 1.89. The van der Waals surface area contributed by atoms with Crippen molar-refractivity contribution in [3.63, 3.8) is 0 Å². The Morgan fingerprint density at radius 1 is 1.46 bits per heavy atom. The van der Waals surface area contributed by atoms with E-state index in [1.165, 1.54) is 0 Å². The minimum Gasteiger partial charge on any atom is -0.393 e. The van der Waals surface area contributed by atoms with Crippen LogP contribution in [0.15, 0.2) is 0 Å². The molecule has 0 aliphatic carbocycles. The highest BCUT2D eigenvalue weighted by atomic mass is 32.1. The zero-order chi connectivity index (χ0) is 10.1. The number of hydrogen-bond acceptors (Lipinski definition) is 3. The van der Waals surface area contributed by atoms with Gasteiger partial charge in [0.25, 0.3) is 0 Å². The van der Waals surface area contributed by atoms with Crippen molar-refractivity contribution in [3.8, 4) is 0 Å². The Kier molecular flexibility index (Phi) is 8.29. The molecule has 0 unspecified atom stereocenters. The summed E-state index contributed by atoms with van der Waals surface area (Å²) in [7, 11) is 0. The average molecular weight is 204 g/mol. The summed E-state index contributed by atoms with van der Waals surface area (Å²) in [6, 6.07) is 0.